The van der Waals surface area contributed by atoms with Gasteiger partial charge >= 0.3 is 11.9 Å². The monoisotopic (exact) mass is 264 g/mol. The number of rotatable bonds is 4. The molecule has 4 nitrogen and oxygen atoms in total. The Bertz CT molecular complexity index is 231. The van der Waals surface area contributed by atoms with Crippen LogP contribution in [0.3, 0.4) is 0 Å². The molecule has 0 aromatic rings. The Kier molecular flexibility index (Phi) is 6.05. The molecule has 1 rings (SSSR count). The Morgan fingerprint density at radius 1 is 1.00 bits per heavy atom. The van der Waals surface area contributed by atoms with Gasteiger partial charge in [0.15, 0.2) is 0 Å². The zero-order chi connectivity index (χ0) is 12.0. The number of carbonyl (C=O) groups excluding carboxylic acids is 2. The van der Waals surface area contributed by atoms with Crippen LogP contribution in [0.25, 0.3) is 0 Å². The van der Waals surface area contributed by atoms with Gasteiger partial charge in [-0.25, -0.2) is 0 Å². The zero-order valence-corrected chi connectivity index (χ0v) is 11.1. The number of ether oxygens (including phenoxy) is 2. The maximum absolute atomic E-state index is 10.7. The van der Waals surface area contributed by atoms with Crippen LogP contribution in [0.1, 0.15) is 13.8 Å². The first-order chi connectivity index (χ1) is 7.59. The van der Waals surface area contributed by atoms with E-state index < -0.39 is 0 Å². The Morgan fingerprint density at radius 3 is 1.69 bits per heavy atom. The third-order valence-corrected chi connectivity index (χ3v) is 5.16. The molecule has 0 aromatic carbocycles. The molecule has 0 N–H and O–H groups in total. The van der Waals surface area contributed by atoms with Crippen molar-refractivity contribution in [3.8, 4) is 0 Å². The lowest BCUT2D eigenvalue weighted by Gasteiger charge is -2.29. The first-order valence-corrected chi connectivity index (χ1v) is 7.19. The van der Waals surface area contributed by atoms with Gasteiger partial charge in [-0.2, -0.15) is 23.5 Å². The molecule has 2 atom stereocenters. The lowest BCUT2D eigenvalue weighted by Crippen LogP contribution is -2.34. The summed E-state index contributed by atoms with van der Waals surface area (Å²) in [5.41, 5.74) is 0. The van der Waals surface area contributed by atoms with Crippen LogP contribution in [0, 0.1) is 0 Å². The van der Waals surface area contributed by atoms with Gasteiger partial charge in [0.2, 0.25) is 0 Å². The zero-order valence-electron chi connectivity index (χ0n) is 9.43. The van der Waals surface area contributed by atoms with E-state index >= 15 is 0 Å². The highest BCUT2D eigenvalue weighted by atomic mass is 32.2. The van der Waals surface area contributed by atoms with Crippen molar-refractivity contribution in [1.82, 2.24) is 0 Å². The number of carbonyl (C=O) groups is 2. The van der Waals surface area contributed by atoms with Crippen LogP contribution in [0.2, 0.25) is 0 Å². The molecule has 1 heterocycles. The van der Waals surface area contributed by atoms with Gasteiger partial charge < -0.3 is 9.47 Å². The summed E-state index contributed by atoms with van der Waals surface area (Å²) in [6.07, 6.45) is 0. The molecule has 6 heteroatoms. The van der Waals surface area contributed by atoms with Crippen LogP contribution < -0.4 is 0 Å². The molecule has 1 fully saturated rings. The van der Waals surface area contributed by atoms with Gasteiger partial charge in [0.25, 0.3) is 0 Å². The predicted molar refractivity (Wildman–Crippen MR) is 65.8 cm³/mol. The van der Waals surface area contributed by atoms with E-state index in [0.29, 0.717) is 13.2 Å². The molecule has 16 heavy (non-hydrogen) atoms. The molecule has 0 amide bonds. The fourth-order valence-electron chi connectivity index (χ4n) is 1.32. The summed E-state index contributed by atoms with van der Waals surface area (Å²) in [5, 5.41) is 0.448. The van der Waals surface area contributed by atoms with E-state index in [1.165, 1.54) is 13.8 Å². The topological polar surface area (TPSA) is 52.6 Å². The predicted octanol–water partition coefficient (Wildman–Crippen LogP) is 1.33. The number of esters is 2. The molecule has 1 aliphatic rings. The van der Waals surface area contributed by atoms with Crippen LogP contribution in [0.4, 0.5) is 0 Å². The van der Waals surface area contributed by atoms with E-state index in [1.54, 1.807) is 23.5 Å². The van der Waals surface area contributed by atoms with Gasteiger partial charge in [-0.3, -0.25) is 9.59 Å². The first kappa shape index (κ1) is 13.7. The molecule has 0 aliphatic carbocycles. The largest absolute Gasteiger partial charge is 0.465 e. The van der Waals surface area contributed by atoms with Gasteiger partial charge in [-0.1, -0.05) is 0 Å². The third-order valence-electron chi connectivity index (χ3n) is 2.06. The number of hydrogen-bond acceptors (Lipinski definition) is 6. The van der Waals surface area contributed by atoms with E-state index in [-0.39, 0.29) is 22.4 Å². The van der Waals surface area contributed by atoms with Crippen LogP contribution in [-0.4, -0.2) is 47.2 Å². The summed E-state index contributed by atoms with van der Waals surface area (Å²) in [4.78, 5) is 21.5. The standard InChI is InChI=1S/C10H16O4S2/c1-7(11)13-5-9-10(6-14-8(2)12)16-4-3-15-9/h9-10H,3-6H2,1-2H3/t9-,10-/m0/s1. The SMILES string of the molecule is CC(=O)OC[C@@H]1SCCS[C@H]1COC(C)=O. The Hall–Kier alpha value is -0.360. The minimum Gasteiger partial charge on any atom is -0.465 e. The number of thioether (sulfide) groups is 2. The maximum Gasteiger partial charge on any atom is 0.302 e. The van der Waals surface area contributed by atoms with Crippen molar-refractivity contribution in [3.05, 3.63) is 0 Å². The minimum atomic E-state index is -0.262. The van der Waals surface area contributed by atoms with Crippen LogP contribution in [0.5, 0.6) is 0 Å². The van der Waals surface area contributed by atoms with Crippen molar-refractivity contribution >= 4 is 35.5 Å². The molecule has 1 aliphatic heterocycles. The highest BCUT2D eigenvalue weighted by molar-refractivity contribution is 8.07. The van der Waals surface area contributed by atoms with E-state index in [0.717, 1.165) is 11.5 Å². The highest BCUT2D eigenvalue weighted by Crippen LogP contribution is 2.31. The Balaban J connectivity index is 2.37. The second kappa shape index (κ2) is 7.06. The minimum absolute atomic E-state index is 0.224. The Morgan fingerprint density at radius 2 is 1.38 bits per heavy atom. The lowest BCUT2D eigenvalue weighted by molar-refractivity contribution is -0.143. The molecular formula is C10H16O4S2. The molecule has 0 unspecified atom stereocenters. The highest BCUT2D eigenvalue weighted by Gasteiger charge is 2.28. The molecular weight excluding hydrogens is 248 g/mol. The van der Waals surface area contributed by atoms with Crippen LogP contribution in [-0.2, 0) is 19.1 Å². The van der Waals surface area contributed by atoms with Gasteiger partial charge in [-0.15, -0.1) is 0 Å². The molecule has 92 valence electrons. The second-order valence-electron chi connectivity index (χ2n) is 3.42. The van der Waals surface area contributed by atoms with Gasteiger partial charge in [0.1, 0.15) is 13.2 Å². The summed E-state index contributed by atoms with van der Waals surface area (Å²) in [6.45, 7) is 3.61. The summed E-state index contributed by atoms with van der Waals surface area (Å²) >= 11 is 3.55. The molecule has 0 aromatic heterocycles. The average molecular weight is 264 g/mol. The van der Waals surface area contributed by atoms with Crippen LogP contribution in [0.15, 0.2) is 0 Å². The van der Waals surface area contributed by atoms with E-state index in [9.17, 15) is 9.59 Å². The van der Waals surface area contributed by atoms with Crippen molar-refractivity contribution in [2.24, 2.45) is 0 Å². The van der Waals surface area contributed by atoms with E-state index in [1.807, 2.05) is 0 Å². The van der Waals surface area contributed by atoms with E-state index in [4.69, 9.17) is 9.47 Å². The van der Waals surface area contributed by atoms with Gasteiger partial charge in [-0.05, 0) is 0 Å². The third kappa shape index (κ3) is 5.12. The first-order valence-electron chi connectivity index (χ1n) is 5.09. The normalized spacial score (nSPS) is 24.9. The average Bonchev–Trinajstić information content (AvgIpc) is 2.24. The Labute approximate surface area is 104 Å². The van der Waals surface area contributed by atoms with Crippen molar-refractivity contribution in [2.45, 2.75) is 24.3 Å². The molecule has 0 saturated carbocycles. The van der Waals surface area contributed by atoms with Crippen molar-refractivity contribution < 1.29 is 19.1 Å². The quantitative estimate of drug-likeness (QED) is 0.714. The summed E-state index contributed by atoms with van der Waals surface area (Å²) in [7, 11) is 0. The van der Waals surface area contributed by atoms with Gasteiger partial charge in [0.05, 0.1) is 10.5 Å². The summed E-state index contributed by atoms with van der Waals surface area (Å²) in [5.74, 6) is 1.57. The molecule has 0 bridgehead atoms. The lowest BCUT2D eigenvalue weighted by atomic mass is 10.3. The fourth-order valence-corrected chi connectivity index (χ4v) is 4.09. The summed E-state index contributed by atoms with van der Waals surface area (Å²) < 4.78 is 10.0. The maximum atomic E-state index is 10.7. The van der Waals surface area contributed by atoms with Crippen molar-refractivity contribution in [3.63, 3.8) is 0 Å². The molecule has 0 spiro atoms. The fraction of sp³-hybridized carbons (Fsp3) is 0.800. The van der Waals surface area contributed by atoms with Crippen molar-refractivity contribution in [1.29, 1.82) is 0 Å². The molecule has 0 radical (unpaired) electrons. The van der Waals surface area contributed by atoms with Crippen molar-refractivity contribution in [2.75, 3.05) is 24.7 Å². The second-order valence-corrected chi connectivity index (χ2v) is 6.12. The molecule has 1 saturated heterocycles. The van der Waals surface area contributed by atoms with Crippen LogP contribution >= 0.6 is 23.5 Å². The summed E-state index contributed by atoms with van der Waals surface area (Å²) in [6, 6.07) is 0. The van der Waals surface area contributed by atoms with E-state index in [2.05, 4.69) is 0 Å². The smallest absolute Gasteiger partial charge is 0.302 e. The number of hydrogen-bond donors (Lipinski definition) is 0. The van der Waals surface area contributed by atoms with Gasteiger partial charge in [0, 0.05) is 25.4 Å².